The van der Waals surface area contributed by atoms with Crippen molar-refractivity contribution in [2.45, 2.75) is 72.1 Å². The summed E-state index contributed by atoms with van der Waals surface area (Å²) < 4.78 is 0. The predicted octanol–water partition coefficient (Wildman–Crippen LogP) is 7.83. The monoisotopic (exact) mass is 505 g/mol. The van der Waals surface area contributed by atoms with Crippen molar-refractivity contribution >= 4 is 30.5 Å². The van der Waals surface area contributed by atoms with Crippen molar-refractivity contribution in [2.75, 3.05) is 37.6 Å². The fourth-order valence-corrected chi connectivity index (χ4v) is 5.68. The van der Waals surface area contributed by atoms with Crippen molar-refractivity contribution < 1.29 is 0 Å². The Balaban J connectivity index is 0.00000204. The molecule has 2 heterocycles. The summed E-state index contributed by atoms with van der Waals surface area (Å²) in [7, 11) is 0. The van der Waals surface area contributed by atoms with Crippen LogP contribution in [0.4, 0.5) is 5.69 Å². The maximum absolute atomic E-state index is 4.90. The van der Waals surface area contributed by atoms with Crippen molar-refractivity contribution in [2.24, 2.45) is 11.3 Å². The fraction of sp³-hybridized carbons (Fsp3) is 0.621. The second-order valence-corrected chi connectivity index (χ2v) is 11.1. The smallest absolute Gasteiger partial charge is 0.0512 e. The molecule has 3 nitrogen and oxygen atoms in total. The SMILES string of the molecule is CCCCN1CCN(c2ccc(-c3cccnc3C3CCC(C(C)(C)C)CC3)cc2)CC1.Cl.Cl. The lowest BCUT2D eigenvalue weighted by molar-refractivity contribution is 0.168. The van der Waals surface area contributed by atoms with Crippen LogP contribution in [0.3, 0.4) is 0 Å². The van der Waals surface area contributed by atoms with Crippen LogP contribution in [0.15, 0.2) is 42.6 Å². The molecule has 2 aliphatic rings. The quantitative estimate of drug-likeness (QED) is 0.398. The van der Waals surface area contributed by atoms with Gasteiger partial charge >= 0.3 is 0 Å². The Hall–Kier alpha value is -1.29. The largest absolute Gasteiger partial charge is 0.369 e. The predicted molar refractivity (Wildman–Crippen MR) is 152 cm³/mol. The highest BCUT2D eigenvalue weighted by molar-refractivity contribution is 5.85. The van der Waals surface area contributed by atoms with E-state index in [1.807, 2.05) is 6.20 Å². The minimum Gasteiger partial charge on any atom is -0.369 e. The van der Waals surface area contributed by atoms with Gasteiger partial charge in [0, 0.05) is 49.5 Å². The first-order chi connectivity index (χ1) is 15.5. The molecule has 0 N–H and O–H groups in total. The molecule has 0 unspecified atom stereocenters. The average Bonchev–Trinajstić information content (AvgIpc) is 2.83. The number of rotatable bonds is 6. The number of benzene rings is 1. The van der Waals surface area contributed by atoms with E-state index in [1.54, 1.807) is 0 Å². The van der Waals surface area contributed by atoms with Gasteiger partial charge in [-0.25, -0.2) is 0 Å². The normalized spacial score (nSPS) is 21.5. The van der Waals surface area contributed by atoms with E-state index >= 15 is 0 Å². The van der Waals surface area contributed by atoms with E-state index in [0.717, 1.165) is 19.0 Å². The third-order valence-corrected chi connectivity index (χ3v) is 7.92. The maximum atomic E-state index is 4.90. The lowest BCUT2D eigenvalue weighted by atomic mass is 9.69. The van der Waals surface area contributed by atoms with Crippen LogP contribution in [0.2, 0.25) is 0 Å². The molecule has 0 radical (unpaired) electrons. The second kappa shape index (κ2) is 13.1. The van der Waals surface area contributed by atoms with Crippen molar-refractivity contribution in [3.8, 4) is 11.1 Å². The summed E-state index contributed by atoms with van der Waals surface area (Å²) in [4.78, 5) is 10.1. The van der Waals surface area contributed by atoms with Crippen molar-refractivity contribution in [3.05, 3.63) is 48.3 Å². The van der Waals surface area contributed by atoms with Crippen LogP contribution < -0.4 is 4.90 Å². The lowest BCUT2D eigenvalue weighted by Crippen LogP contribution is -2.46. The summed E-state index contributed by atoms with van der Waals surface area (Å²) in [6.45, 7) is 15.4. The summed E-state index contributed by atoms with van der Waals surface area (Å²) >= 11 is 0. The Morgan fingerprint density at radius 3 is 2.12 bits per heavy atom. The third-order valence-electron chi connectivity index (χ3n) is 7.92. The van der Waals surface area contributed by atoms with Gasteiger partial charge in [0.1, 0.15) is 0 Å². The molecular weight excluding hydrogens is 461 g/mol. The van der Waals surface area contributed by atoms with Gasteiger partial charge in [0.2, 0.25) is 0 Å². The standard InChI is InChI=1S/C29H43N3.2ClH/c1-5-6-18-31-19-21-32(22-20-31)26-15-11-23(12-16-26)27-8-7-17-30-28(27)24-9-13-25(14-10-24)29(2,3)4;;/h7-8,11-12,15-17,24-25H,5-6,9-10,13-14,18-22H2,1-4H3;2*1H. The maximum Gasteiger partial charge on any atom is 0.0512 e. The summed E-state index contributed by atoms with van der Waals surface area (Å²) in [6, 6.07) is 13.7. The fourth-order valence-electron chi connectivity index (χ4n) is 5.68. The van der Waals surface area contributed by atoms with Gasteiger partial charge in [-0.15, -0.1) is 24.8 Å². The number of hydrogen-bond acceptors (Lipinski definition) is 3. The van der Waals surface area contributed by atoms with E-state index < -0.39 is 0 Å². The lowest BCUT2D eigenvalue weighted by Gasteiger charge is -2.37. The first-order valence-corrected chi connectivity index (χ1v) is 13.0. The zero-order chi connectivity index (χ0) is 22.6. The average molecular weight is 507 g/mol. The van der Waals surface area contributed by atoms with Crippen LogP contribution >= 0.6 is 24.8 Å². The van der Waals surface area contributed by atoms with E-state index in [2.05, 4.69) is 73.9 Å². The highest BCUT2D eigenvalue weighted by atomic mass is 35.5. The molecule has 0 spiro atoms. The van der Waals surface area contributed by atoms with Gasteiger partial charge in [-0.2, -0.15) is 0 Å². The van der Waals surface area contributed by atoms with Crippen molar-refractivity contribution in [3.63, 3.8) is 0 Å². The number of piperazine rings is 1. The van der Waals surface area contributed by atoms with E-state index in [9.17, 15) is 0 Å². The molecule has 2 fully saturated rings. The Kier molecular flexibility index (Phi) is 11.2. The number of halogens is 2. The Bertz CT molecular complexity index is 846. The molecule has 1 saturated carbocycles. The van der Waals surface area contributed by atoms with Crippen molar-refractivity contribution in [1.82, 2.24) is 9.88 Å². The topological polar surface area (TPSA) is 19.4 Å². The van der Waals surface area contributed by atoms with E-state index in [1.165, 1.54) is 80.7 Å². The van der Waals surface area contributed by atoms with E-state index in [4.69, 9.17) is 4.98 Å². The molecule has 2 aromatic rings. The zero-order valence-corrected chi connectivity index (χ0v) is 23.3. The Morgan fingerprint density at radius 1 is 0.882 bits per heavy atom. The van der Waals surface area contributed by atoms with Crippen LogP contribution in [-0.4, -0.2) is 42.6 Å². The summed E-state index contributed by atoms with van der Waals surface area (Å²) in [5, 5.41) is 0. The molecule has 0 atom stereocenters. The van der Waals surface area contributed by atoms with Gasteiger partial charge < -0.3 is 4.90 Å². The molecule has 0 amide bonds. The third kappa shape index (κ3) is 7.12. The molecule has 1 aromatic heterocycles. The zero-order valence-electron chi connectivity index (χ0n) is 21.6. The molecule has 5 heteroatoms. The number of aromatic nitrogens is 1. The van der Waals surface area contributed by atoms with Crippen molar-refractivity contribution in [1.29, 1.82) is 0 Å². The molecule has 34 heavy (non-hydrogen) atoms. The highest BCUT2D eigenvalue weighted by Gasteiger charge is 2.31. The summed E-state index contributed by atoms with van der Waals surface area (Å²) in [5.74, 6) is 1.44. The van der Waals surface area contributed by atoms with Gasteiger partial charge in [-0.05, 0) is 73.7 Å². The number of unbranched alkanes of at least 4 members (excludes halogenated alkanes) is 1. The summed E-state index contributed by atoms with van der Waals surface area (Å²) in [5.41, 5.74) is 5.76. The molecular formula is C29H45Cl2N3. The van der Waals surface area contributed by atoms with Crippen LogP contribution in [0.25, 0.3) is 11.1 Å². The van der Waals surface area contributed by atoms with Crippen LogP contribution in [-0.2, 0) is 0 Å². The van der Waals surface area contributed by atoms with E-state index in [0.29, 0.717) is 11.3 Å². The molecule has 1 aliphatic carbocycles. The minimum absolute atomic E-state index is 0. The minimum atomic E-state index is 0. The molecule has 190 valence electrons. The molecule has 1 saturated heterocycles. The Morgan fingerprint density at radius 2 is 1.53 bits per heavy atom. The van der Waals surface area contributed by atoms with Crippen LogP contribution in [0.1, 0.15) is 77.8 Å². The molecule has 4 rings (SSSR count). The van der Waals surface area contributed by atoms with E-state index in [-0.39, 0.29) is 24.8 Å². The van der Waals surface area contributed by atoms with Crippen LogP contribution in [0.5, 0.6) is 0 Å². The number of nitrogens with zero attached hydrogens (tertiary/aromatic N) is 3. The van der Waals surface area contributed by atoms with Gasteiger partial charge in [-0.3, -0.25) is 9.88 Å². The number of anilines is 1. The Labute approximate surface area is 220 Å². The molecule has 1 aromatic carbocycles. The second-order valence-electron chi connectivity index (χ2n) is 11.1. The first kappa shape index (κ1) is 28.9. The number of hydrogen-bond donors (Lipinski definition) is 0. The number of pyridine rings is 1. The van der Waals surface area contributed by atoms with Gasteiger partial charge in [0.05, 0.1) is 5.69 Å². The molecule has 0 bridgehead atoms. The summed E-state index contributed by atoms with van der Waals surface area (Å²) in [6.07, 6.45) is 9.79. The highest BCUT2D eigenvalue weighted by Crippen LogP contribution is 2.44. The first-order valence-electron chi connectivity index (χ1n) is 13.0. The van der Waals surface area contributed by atoms with Crippen LogP contribution in [0, 0.1) is 11.3 Å². The molecule has 1 aliphatic heterocycles. The van der Waals surface area contributed by atoms with Gasteiger partial charge in [0.15, 0.2) is 0 Å². The van der Waals surface area contributed by atoms with Gasteiger partial charge in [0.25, 0.3) is 0 Å². The van der Waals surface area contributed by atoms with Gasteiger partial charge in [-0.1, -0.05) is 52.3 Å².